The number of methoxy groups -OCH3 is 1. The molecule has 0 saturated carbocycles. The molecule has 0 radical (unpaired) electrons. The molecule has 5 heteroatoms. The number of rotatable bonds is 2. The molecule has 0 spiro atoms. The zero-order chi connectivity index (χ0) is 11.3. The Hall–Kier alpha value is -0.200. The van der Waals surface area contributed by atoms with Crippen LogP contribution in [0.4, 0.5) is 0 Å². The number of hydrogen-bond acceptors (Lipinski definition) is 5. The van der Waals surface area contributed by atoms with Crippen molar-refractivity contribution in [3.63, 3.8) is 0 Å². The van der Waals surface area contributed by atoms with Gasteiger partial charge in [0.25, 0.3) is 0 Å². The minimum absolute atomic E-state index is 0.139. The fraction of sp³-hybridized carbons (Fsp3) is 1.00. The molecule has 13 heavy (non-hydrogen) atoms. The van der Waals surface area contributed by atoms with Gasteiger partial charge >= 0.3 is 0 Å². The lowest BCUT2D eigenvalue weighted by atomic mass is 10.5. The molecule has 0 aromatic rings. The quantitative estimate of drug-likeness (QED) is 0.456. The van der Waals surface area contributed by atoms with Gasteiger partial charge in [0.05, 0.1) is 25.4 Å². The molecule has 2 atom stereocenters. The Balaban J connectivity index is -0.000000120. The van der Waals surface area contributed by atoms with E-state index < -0.39 is 12.2 Å². The smallest absolute Gasteiger partial charge is 0.0742 e. The largest absolute Gasteiger partial charge is 0.394 e. The summed E-state index contributed by atoms with van der Waals surface area (Å²) in [5.41, 5.74) is 0. The second-order valence-electron chi connectivity index (χ2n) is 2.47. The fourth-order valence-electron chi connectivity index (χ4n) is 0. The molecule has 2 unspecified atom stereocenters. The second kappa shape index (κ2) is 17.8. The molecule has 0 aliphatic rings. The van der Waals surface area contributed by atoms with Crippen LogP contribution in [0.25, 0.3) is 0 Å². The van der Waals surface area contributed by atoms with Gasteiger partial charge in [-0.25, -0.2) is 0 Å². The molecule has 0 fully saturated rings. The Labute approximate surface area is 79.6 Å². The van der Waals surface area contributed by atoms with Crippen molar-refractivity contribution in [1.82, 2.24) is 0 Å². The van der Waals surface area contributed by atoms with E-state index in [1.54, 1.807) is 14.2 Å². The van der Waals surface area contributed by atoms with Crippen molar-refractivity contribution in [2.24, 2.45) is 0 Å². The first-order chi connectivity index (χ1) is 5.95. The van der Waals surface area contributed by atoms with E-state index in [2.05, 4.69) is 4.74 Å². The van der Waals surface area contributed by atoms with Crippen LogP contribution >= 0.6 is 0 Å². The molecule has 4 N–H and O–H groups in total. The molecule has 0 aliphatic carbocycles. The van der Waals surface area contributed by atoms with Gasteiger partial charge in [0.1, 0.15) is 0 Å². The first-order valence-electron chi connectivity index (χ1n) is 3.94. The van der Waals surface area contributed by atoms with Crippen molar-refractivity contribution in [1.29, 1.82) is 0 Å². The number of hydrogen-bond donors (Lipinski definition) is 4. The van der Waals surface area contributed by atoms with Crippen LogP contribution in [-0.2, 0) is 4.74 Å². The Kier molecular flexibility index (Phi) is 25.4. The highest BCUT2D eigenvalue weighted by Crippen LogP contribution is 1.69. The molecule has 0 aliphatic heterocycles. The lowest BCUT2D eigenvalue weighted by Gasteiger charge is -1.90. The minimum atomic E-state index is -0.560. The number of ether oxygens (including phenoxy) is 1. The standard InChI is InChI=1S/2C3H8O2.C2H6O/c2*1-3(5)2-4;1-3-2/h2*3-5H,2H2,1H3;1-2H3. The summed E-state index contributed by atoms with van der Waals surface area (Å²) < 4.78 is 4.25. The highest BCUT2D eigenvalue weighted by Gasteiger charge is 1.83. The van der Waals surface area contributed by atoms with Crippen molar-refractivity contribution in [3.8, 4) is 0 Å². The van der Waals surface area contributed by atoms with Crippen molar-refractivity contribution in [2.45, 2.75) is 26.1 Å². The fourth-order valence-corrected chi connectivity index (χ4v) is 0. The van der Waals surface area contributed by atoms with Gasteiger partial charge in [0, 0.05) is 14.2 Å². The van der Waals surface area contributed by atoms with Crippen molar-refractivity contribution >= 4 is 0 Å². The molecule has 5 nitrogen and oxygen atoms in total. The van der Waals surface area contributed by atoms with Crippen LogP contribution < -0.4 is 0 Å². The number of aliphatic hydroxyl groups is 4. The van der Waals surface area contributed by atoms with Crippen LogP contribution in [0.5, 0.6) is 0 Å². The SMILES string of the molecule is CC(O)CO.CC(O)CO.COC. The van der Waals surface area contributed by atoms with Crippen molar-refractivity contribution in [2.75, 3.05) is 27.4 Å². The van der Waals surface area contributed by atoms with Crippen LogP contribution in [0.3, 0.4) is 0 Å². The summed E-state index contributed by atoms with van der Waals surface area (Å²) in [5.74, 6) is 0. The zero-order valence-corrected chi connectivity index (χ0v) is 8.77. The van der Waals surface area contributed by atoms with E-state index in [1.165, 1.54) is 13.8 Å². The average molecular weight is 198 g/mol. The summed E-state index contributed by atoms with van der Waals surface area (Å²) in [5, 5.41) is 32.0. The summed E-state index contributed by atoms with van der Waals surface area (Å²) in [4.78, 5) is 0. The lowest BCUT2D eigenvalue weighted by molar-refractivity contribution is 0.110. The first-order valence-corrected chi connectivity index (χ1v) is 3.94. The minimum Gasteiger partial charge on any atom is -0.394 e. The predicted molar refractivity (Wildman–Crippen MR) is 50.5 cm³/mol. The molecule has 0 aromatic carbocycles. The van der Waals surface area contributed by atoms with E-state index in [0.29, 0.717) is 0 Å². The van der Waals surface area contributed by atoms with Gasteiger partial charge < -0.3 is 25.2 Å². The van der Waals surface area contributed by atoms with Gasteiger partial charge in [-0.1, -0.05) is 0 Å². The second-order valence-corrected chi connectivity index (χ2v) is 2.47. The summed E-state index contributed by atoms with van der Waals surface area (Å²) in [6.45, 7) is 2.78. The van der Waals surface area contributed by atoms with E-state index >= 15 is 0 Å². The highest BCUT2D eigenvalue weighted by atomic mass is 16.4. The normalized spacial score (nSPS) is 12.9. The Bertz CT molecular complexity index is 57.6. The summed E-state index contributed by atoms with van der Waals surface area (Å²) >= 11 is 0. The van der Waals surface area contributed by atoms with Crippen molar-refractivity contribution < 1.29 is 25.2 Å². The van der Waals surface area contributed by atoms with Gasteiger partial charge in [0.2, 0.25) is 0 Å². The molecule has 0 rings (SSSR count). The Morgan fingerprint density at radius 3 is 1.00 bits per heavy atom. The number of aliphatic hydroxyl groups excluding tert-OH is 4. The lowest BCUT2D eigenvalue weighted by Crippen LogP contribution is -2.03. The molecular formula is C8H22O5. The van der Waals surface area contributed by atoms with Crippen LogP contribution in [0.2, 0.25) is 0 Å². The first kappa shape index (κ1) is 18.6. The third-order valence-electron chi connectivity index (χ3n) is 0.528. The van der Waals surface area contributed by atoms with Crippen molar-refractivity contribution in [3.05, 3.63) is 0 Å². The predicted octanol–water partition coefficient (Wildman–Crippen LogP) is -1.02. The maximum absolute atomic E-state index is 8.11. The molecule has 84 valence electrons. The third kappa shape index (κ3) is 78.5. The van der Waals surface area contributed by atoms with Crippen LogP contribution in [0.15, 0.2) is 0 Å². The van der Waals surface area contributed by atoms with E-state index in [4.69, 9.17) is 20.4 Å². The van der Waals surface area contributed by atoms with E-state index in [-0.39, 0.29) is 13.2 Å². The third-order valence-corrected chi connectivity index (χ3v) is 0.528. The Morgan fingerprint density at radius 1 is 0.923 bits per heavy atom. The Morgan fingerprint density at radius 2 is 1.00 bits per heavy atom. The maximum atomic E-state index is 8.11. The van der Waals surface area contributed by atoms with Gasteiger partial charge in [-0.2, -0.15) is 0 Å². The van der Waals surface area contributed by atoms with E-state index in [9.17, 15) is 0 Å². The van der Waals surface area contributed by atoms with Gasteiger partial charge in [-0.15, -0.1) is 0 Å². The highest BCUT2D eigenvalue weighted by molar-refractivity contribution is 4.34. The maximum Gasteiger partial charge on any atom is 0.0742 e. The van der Waals surface area contributed by atoms with Crippen LogP contribution in [0, 0.1) is 0 Å². The topological polar surface area (TPSA) is 90.2 Å². The van der Waals surface area contributed by atoms with Gasteiger partial charge in [0.15, 0.2) is 0 Å². The molecular weight excluding hydrogens is 176 g/mol. The summed E-state index contributed by atoms with van der Waals surface area (Å²) in [6.07, 6.45) is -1.12. The van der Waals surface area contributed by atoms with E-state index in [0.717, 1.165) is 0 Å². The summed E-state index contributed by atoms with van der Waals surface area (Å²) in [7, 11) is 3.25. The van der Waals surface area contributed by atoms with E-state index in [1.807, 2.05) is 0 Å². The molecule has 0 aromatic heterocycles. The van der Waals surface area contributed by atoms with Gasteiger partial charge in [-0.3, -0.25) is 0 Å². The molecule has 0 saturated heterocycles. The molecule has 0 amide bonds. The van der Waals surface area contributed by atoms with Crippen LogP contribution in [0.1, 0.15) is 13.8 Å². The molecule has 0 bridgehead atoms. The van der Waals surface area contributed by atoms with Crippen LogP contribution in [-0.4, -0.2) is 60.1 Å². The molecule has 0 heterocycles. The summed E-state index contributed by atoms with van der Waals surface area (Å²) in [6, 6.07) is 0. The zero-order valence-electron chi connectivity index (χ0n) is 8.77. The van der Waals surface area contributed by atoms with Gasteiger partial charge in [-0.05, 0) is 13.8 Å². The average Bonchev–Trinajstić information content (AvgIpc) is 2.07. The monoisotopic (exact) mass is 198 g/mol.